The van der Waals surface area contributed by atoms with E-state index < -0.39 is 0 Å². The van der Waals surface area contributed by atoms with Gasteiger partial charge in [-0.05, 0) is 28.6 Å². The first-order valence-corrected chi connectivity index (χ1v) is 6.76. The van der Waals surface area contributed by atoms with Crippen molar-refractivity contribution in [2.24, 2.45) is 7.05 Å². The Balaban J connectivity index is 1.58. The summed E-state index contributed by atoms with van der Waals surface area (Å²) in [6, 6.07) is 8.06. The predicted molar refractivity (Wildman–Crippen MR) is 77.1 cm³/mol. The minimum atomic E-state index is 0.800. The number of nitrogens with two attached hydrogens (primary N) is 1. The molecule has 0 saturated carbocycles. The minimum Gasteiger partial charge on any atom is -0.399 e. The second-order valence-corrected chi connectivity index (χ2v) is 5.08. The molecule has 0 bridgehead atoms. The zero-order chi connectivity index (χ0) is 13.9. The van der Waals surface area contributed by atoms with Gasteiger partial charge in [-0.2, -0.15) is 0 Å². The van der Waals surface area contributed by atoms with Gasteiger partial charge < -0.3 is 10.6 Å². The summed E-state index contributed by atoms with van der Waals surface area (Å²) in [6.07, 6.45) is 0. The van der Waals surface area contributed by atoms with Crippen molar-refractivity contribution in [1.29, 1.82) is 0 Å². The van der Waals surface area contributed by atoms with Crippen LogP contribution in [0.25, 0.3) is 0 Å². The highest BCUT2D eigenvalue weighted by Gasteiger charge is 2.19. The molecule has 0 unspecified atom stereocenters. The fourth-order valence-electron chi connectivity index (χ4n) is 2.47. The molecular formula is C13H19N7. The largest absolute Gasteiger partial charge is 0.399 e. The van der Waals surface area contributed by atoms with E-state index in [0.29, 0.717) is 0 Å². The topological polar surface area (TPSA) is 76.1 Å². The Morgan fingerprint density at radius 1 is 1.20 bits per heavy atom. The lowest BCUT2D eigenvalue weighted by Gasteiger charge is -2.35. The fraction of sp³-hybridized carbons (Fsp3) is 0.462. The molecule has 1 aliphatic heterocycles. The van der Waals surface area contributed by atoms with E-state index in [4.69, 9.17) is 5.73 Å². The number of tetrazole rings is 1. The summed E-state index contributed by atoms with van der Waals surface area (Å²) in [7, 11) is 1.87. The second-order valence-electron chi connectivity index (χ2n) is 5.08. The first-order chi connectivity index (χ1) is 9.72. The molecule has 0 atom stereocenters. The lowest BCUT2D eigenvalue weighted by Crippen LogP contribution is -2.46. The smallest absolute Gasteiger partial charge is 0.164 e. The van der Waals surface area contributed by atoms with E-state index in [1.165, 1.54) is 5.69 Å². The van der Waals surface area contributed by atoms with Crippen molar-refractivity contribution in [3.63, 3.8) is 0 Å². The highest BCUT2D eigenvalue weighted by atomic mass is 15.5. The lowest BCUT2D eigenvalue weighted by molar-refractivity contribution is 0.240. The Labute approximate surface area is 118 Å². The van der Waals surface area contributed by atoms with Gasteiger partial charge in [0.15, 0.2) is 5.82 Å². The summed E-state index contributed by atoms with van der Waals surface area (Å²) in [6.45, 7) is 4.79. The molecule has 0 amide bonds. The Morgan fingerprint density at radius 2 is 2.00 bits per heavy atom. The van der Waals surface area contributed by atoms with Crippen LogP contribution in [0.2, 0.25) is 0 Å². The first-order valence-electron chi connectivity index (χ1n) is 6.76. The van der Waals surface area contributed by atoms with Gasteiger partial charge in [0.1, 0.15) is 0 Å². The molecule has 3 rings (SSSR count). The van der Waals surface area contributed by atoms with Crippen LogP contribution in [0.15, 0.2) is 24.3 Å². The number of anilines is 2. The van der Waals surface area contributed by atoms with E-state index in [1.807, 2.05) is 25.2 Å². The predicted octanol–water partition coefficient (Wildman–Crippen LogP) is 0.115. The summed E-state index contributed by atoms with van der Waals surface area (Å²) >= 11 is 0. The normalized spacial score (nSPS) is 16.6. The summed E-state index contributed by atoms with van der Waals surface area (Å²) in [5.41, 5.74) is 7.85. The molecule has 1 aromatic carbocycles. The van der Waals surface area contributed by atoms with Crippen molar-refractivity contribution in [3.05, 3.63) is 30.1 Å². The van der Waals surface area contributed by atoms with Crippen LogP contribution in [0.3, 0.4) is 0 Å². The first kappa shape index (κ1) is 12.9. The van der Waals surface area contributed by atoms with Crippen LogP contribution in [0.5, 0.6) is 0 Å². The monoisotopic (exact) mass is 273 g/mol. The number of hydrogen-bond donors (Lipinski definition) is 1. The minimum absolute atomic E-state index is 0.800. The standard InChI is InChI=1S/C13H19N7/c1-18-13(15-16-17-18)10-19-5-7-20(8-6-19)12-4-2-3-11(14)9-12/h2-4,9H,5-8,10,14H2,1H3. The molecular weight excluding hydrogens is 254 g/mol. The molecule has 0 spiro atoms. The molecule has 7 nitrogen and oxygen atoms in total. The van der Waals surface area contributed by atoms with E-state index in [1.54, 1.807) is 4.68 Å². The van der Waals surface area contributed by atoms with Gasteiger partial charge in [-0.15, -0.1) is 5.10 Å². The molecule has 1 saturated heterocycles. The highest BCUT2D eigenvalue weighted by molar-refractivity contribution is 5.56. The van der Waals surface area contributed by atoms with Crippen LogP contribution in [-0.2, 0) is 13.6 Å². The van der Waals surface area contributed by atoms with Crippen LogP contribution >= 0.6 is 0 Å². The number of nitrogens with zero attached hydrogens (tertiary/aromatic N) is 6. The van der Waals surface area contributed by atoms with Crippen molar-refractivity contribution in [3.8, 4) is 0 Å². The van der Waals surface area contributed by atoms with Crippen LogP contribution in [0, 0.1) is 0 Å². The van der Waals surface area contributed by atoms with Gasteiger partial charge in [-0.3, -0.25) is 4.90 Å². The Kier molecular flexibility index (Phi) is 3.51. The summed E-state index contributed by atoms with van der Waals surface area (Å²) in [5, 5.41) is 11.6. The molecule has 106 valence electrons. The van der Waals surface area contributed by atoms with Gasteiger partial charge >= 0.3 is 0 Å². The van der Waals surface area contributed by atoms with Crippen LogP contribution in [0.1, 0.15) is 5.82 Å². The third-order valence-electron chi connectivity index (χ3n) is 3.68. The molecule has 0 aliphatic carbocycles. The quantitative estimate of drug-likeness (QED) is 0.800. The fourth-order valence-corrected chi connectivity index (χ4v) is 2.47. The lowest BCUT2D eigenvalue weighted by atomic mass is 10.2. The van der Waals surface area contributed by atoms with E-state index in [0.717, 1.165) is 44.2 Å². The number of rotatable bonds is 3. The van der Waals surface area contributed by atoms with Crippen molar-refractivity contribution < 1.29 is 0 Å². The van der Waals surface area contributed by atoms with Crippen LogP contribution in [-0.4, -0.2) is 51.3 Å². The maximum Gasteiger partial charge on any atom is 0.164 e. The molecule has 2 N–H and O–H groups in total. The summed E-state index contributed by atoms with van der Waals surface area (Å²) in [4.78, 5) is 4.73. The molecule has 1 fully saturated rings. The van der Waals surface area contributed by atoms with Crippen molar-refractivity contribution in [2.75, 3.05) is 36.8 Å². The average Bonchev–Trinajstić information content (AvgIpc) is 2.85. The molecule has 2 aromatic rings. The number of hydrogen-bond acceptors (Lipinski definition) is 6. The number of piperazine rings is 1. The Bertz CT molecular complexity index is 572. The molecule has 0 radical (unpaired) electrons. The van der Waals surface area contributed by atoms with Crippen molar-refractivity contribution in [2.45, 2.75) is 6.54 Å². The maximum atomic E-state index is 5.84. The summed E-state index contributed by atoms with van der Waals surface area (Å²) < 4.78 is 1.73. The molecule has 7 heteroatoms. The van der Waals surface area contributed by atoms with Gasteiger partial charge in [0.2, 0.25) is 0 Å². The molecule has 1 aromatic heterocycles. The zero-order valence-corrected chi connectivity index (χ0v) is 11.6. The van der Waals surface area contributed by atoms with Gasteiger partial charge in [0, 0.05) is 44.6 Å². The van der Waals surface area contributed by atoms with E-state index in [-0.39, 0.29) is 0 Å². The van der Waals surface area contributed by atoms with Gasteiger partial charge in [-0.1, -0.05) is 6.07 Å². The third-order valence-corrected chi connectivity index (χ3v) is 3.68. The number of benzene rings is 1. The SMILES string of the molecule is Cn1nnnc1CN1CCN(c2cccc(N)c2)CC1. The zero-order valence-electron chi connectivity index (χ0n) is 11.6. The van der Waals surface area contributed by atoms with Gasteiger partial charge in [0.05, 0.1) is 6.54 Å². The number of nitrogen functional groups attached to an aromatic ring is 1. The molecule has 1 aliphatic rings. The van der Waals surface area contributed by atoms with E-state index in [2.05, 4.69) is 31.4 Å². The Morgan fingerprint density at radius 3 is 2.65 bits per heavy atom. The maximum absolute atomic E-state index is 5.84. The third kappa shape index (κ3) is 2.72. The van der Waals surface area contributed by atoms with Crippen LogP contribution in [0.4, 0.5) is 11.4 Å². The van der Waals surface area contributed by atoms with Gasteiger partial charge in [0.25, 0.3) is 0 Å². The highest BCUT2D eigenvalue weighted by Crippen LogP contribution is 2.19. The molecule has 20 heavy (non-hydrogen) atoms. The van der Waals surface area contributed by atoms with Crippen LogP contribution < -0.4 is 10.6 Å². The Hall–Kier alpha value is -2.15. The second kappa shape index (κ2) is 5.46. The van der Waals surface area contributed by atoms with Gasteiger partial charge in [-0.25, -0.2) is 4.68 Å². The number of aryl methyl sites for hydroxylation is 1. The molecule has 2 heterocycles. The van der Waals surface area contributed by atoms with E-state index >= 15 is 0 Å². The number of aromatic nitrogens is 4. The van der Waals surface area contributed by atoms with Crippen molar-refractivity contribution in [1.82, 2.24) is 25.1 Å². The average molecular weight is 273 g/mol. The summed E-state index contributed by atoms with van der Waals surface area (Å²) in [5.74, 6) is 0.905. The van der Waals surface area contributed by atoms with E-state index in [9.17, 15) is 0 Å². The van der Waals surface area contributed by atoms with Crippen molar-refractivity contribution >= 4 is 11.4 Å².